The van der Waals surface area contributed by atoms with Crippen molar-refractivity contribution in [2.45, 2.75) is 229 Å². The summed E-state index contributed by atoms with van der Waals surface area (Å²) in [7, 11) is 0. The number of hydrogen-bond donors (Lipinski definition) is 4. The predicted molar refractivity (Wildman–Crippen MR) is 390 cm³/mol. The van der Waals surface area contributed by atoms with Crippen LogP contribution in [0.15, 0.2) is 91.5 Å². The molecule has 1 unspecified atom stereocenters. The molecule has 0 amide bonds. The number of nitrogens with one attached hydrogen (secondary N) is 3. The number of ether oxygens (including phenoxy) is 3. The molecule has 6 aromatic heterocycles. The van der Waals surface area contributed by atoms with Gasteiger partial charge in [0, 0.05) is 149 Å². The van der Waals surface area contributed by atoms with Crippen LogP contribution >= 0.6 is 0 Å². The first-order valence-corrected chi connectivity index (χ1v) is 38.4. The number of carboxylic acid groups (broad SMARTS) is 1. The van der Waals surface area contributed by atoms with Crippen molar-refractivity contribution in [1.82, 2.24) is 44.6 Å². The fourth-order valence-corrected chi connectivity index (χ4v) is 16.0. The maximum atomic E-state index is 12.6. The molecule has 6 fully saturated rings. The SMILES string of the molecule is CC(=O)[C@@H](c1cccnc1C1CC1)N1CC[C@@H](OCCCCc2ccc3c(n2)NCCC3)C1.CC(=O)[C@H](c1cccnc1C1CC1)N1CC[C@@H](OCCCCc2ccc3c(n2)NCCC3)C1.O=C(O)C(c1cnccc1C1CC1)N1CC[C@@H](OCCCCCc2ccc3c(n2)NCCC3)C1. The molecular formula is C81H108N12O7. The Balaban J connectivity index is 0.000000134. The molecule has 4 N–H and O–H groups in total. The molecular weight excluding hydrogens is 1250 g/mol. The maximum absolute atomic E-state index is 12.6. The summed E-state index contributed by atoms with van der Waals surface area (Å²) < 4.78 is 18.6. The van der Waals surface area contributed by atoms with Crippen LogP contribution in [0.2, 0.25) is 0 Å². The average Bonchev–Trinajstić information content (AvgIpc) is 1.65. The van der Waals surface area contributed by atoms with Gasteiger partial charge in [-0.15, -0.1) is 0 Å². The molecule has 9 aliphatic rings. The molecule has 19 nitrogen and oxygen atoms in total. The van der Waals surface area contributed by atoms with Gasteiger partial charge in [0.05, 0.1) is 30.4 Å². The lowest BCUT2D eigenvalue weighted by Crippen LogP contribution is -2.34. The van der Waals surface area contributed by atoms with Gasteiger partial charge in [-0.05, 0) is 244 Å². The Labute approximate surface area is 592 Å². The number of aromatic nitrogens is 6. The number of aryl methyl sites for hydroxylation is 6. The van der Waals surface area contributed by atoms with Crippen LogP contribution in [0.25, 0.3) is 0 Å². The first kappa shape index (κ1) is 71.3. The number of Topliss-reactive ketones (excluding diaryl/α,β-unsaturated/α-hetero) is 2. The summed E-state index contributed by atoms with van der Waals surface area (Å²) >= 11 is 0. The smallest absolute Gasteiger partial charge is 0.325 e. The third kappa shape index (κ3) is 19.3. The molecule has 0 spiro atoms. The third-order valence-corrected chi connectivity index (χ3v) is 21.7. The zero-order chi connectivity index (χ0) is 68.6. The van der Waals surface area contributed by atoms with Gasteiger partial charge in [-0.3, -0.25) is 44.0 Å². The standard InChI is InChI=1S/C27H36N4O3.2C27H36N4O2/c32-27(33)25(24-17-28-14-11-23(24)19-7-8-19)31-15-12-22(18-31)34-16-3-1-2-6-21-10-9-20-5-4-13-29-26(20)30-21;2*1-19(32)26(24-8-5-14-28-25(24)20-9-10-20)31-16-13-23(18-31)33-17-3-2-7-22-12-11-21-6-4-15-29-27(21)30-22/h9-11,14,17,19,22,25H,1-8,12-13,15-16,18H2,(H,29,30)(H,32,33);2*5,8,11-12,14,20,23,26H,2-4,6-7,9-10,13,15-18H2,1H3,(H,29,30)/t22-,25?;23-,26+;23-,26-/m111/s1. The molecule has 12 heterocycles. The Kier molecular flexibility index (Phi) is 25.1. The molecule has 6 atom stereocenters. The van der Waals surface area contributed by atoms with Crippen molar-refractivity contribution in [3.05, 3.63) is 159 Å². The van der Waals surface area contributed by atoms with Gasteiger partial charge in [-0.25, -0.2) is 15.0 Å². The van der Waals surface area contributed by atoms with Crippen molar-refractivity contribution in [3.63, 3.8) is 0 Å². The molecule has 6 aliphatic heterocycles. The second-order valence-electron chi connectivity index (χ2n) is 29.6. The Morgan fingerprint density at radius 1 is 0.470 bits per heavy atom. The third-order valence-electron chi connectivity index (χ3n) is 21.7. The minimum Gasteiger partial charge on any atom is -0.480 e. The summed E-state index contributed by atoms with van der Waals surface area (Å²) in [5.74, 6) is 4.45. The zero-order valence-electron chi connectivity index (χ0n) is 59.4. The normalized spacial score (nSPS) is 21.3. The second-order valence-corrected chi connectivity index (χ2v) is 29.6. The highest BCUT2D eigenvalue weighted by Crippen LogP contribution is 2.46. The number of hydrogen-bond acceptors (Lipinski definition) is 18. The molecule has 0 bridgehead atoms. The van der Waals surface area contributed by atoms with E-state index in [9.17, 15) is 19.5 Å². The van der Waals surface area contributed by atoms with Crippen LogP contribution in [0, 0.1) is 0 Å². The molecule has 3 saturated carbocycles. The van der Waals surface area contributed by atoms with E-state index in [1.165, 1.54) is 78.7 Å². The Morgan fingerprint density at radius 2 is 0.870 bits per heavy atom. The quantitative estimate of drug-likeness (QED) is 0.0297. The highest BCUT2D eigenvalue weighted by atomic mass is 16.5. The number of carbonyl (C=O) groups excluding carboxylic acids is 2. The second kappa shape index (κ2) is 35.2. The number of rotatable bonds is 31. The zero-order valence-corrected chi connectivity index (χ0v) is 59.4. The van der Waals surface area contributed by atoms with Gasteiger partial charge < -0.3 is 35.3 Å². The largest absolute Gasteiger partial charge is 0.480 e. The van der Waals surface area contributed by atoms with E-state index >= 15 is 0 Å². The summed E-state index contributed by atoms with van der Waals surface area (Å²) in [5, 5.41) is 20.3. The summed E-state index contributed by atoms with van der Waals surface area (Å²) in [5.41, 5.74) is 14.1. The first-order valence-electron chi connectivity index (χ1n) is 38.4. The summed E-state index contributed by atoms with van der Waals surface area (Å²) in [6, 6.07) is 22.4. The van der Waals surface area contributed by atoms with Crippen molar-refractivity contribution in [1.29, 1.82) is 0 Å². The minimum absolute atomic E-state index is 0.108. The summed E-state index contributed by atoms with van der Waals surface area (Å²) in [6.07, 6.45) is 35.1. The van der Waals surface area contributed by atoms with Gasteiger partial charge in [0.2, 0.25) is 0 Å². The van der Waals surface area contributed by atoms with E-state index in [1.807, 2.05) is 30.6 Å². The molecule has 19 heteroatoms. The van der Waals surface area contributed by atoms with E-state index in [2.05, 4.69) is 94.1 Å². The molecule has 100 heavy (non-hydrogen) atoms. The van der Waals surface area contributed by atoms with E-state index in [0.29, 0.717) is 24.3 Å². The van der Waals surface area contributed by atoms with E-state index in [1.54, 1.807) is 26.2 Å². The highest BCUT2D eigenvalue weighted by Gasteiger charge is 2.41. The topological polar surface area (TPSA) is 222 Å². The fraction of sp³-hybridized carbons (Fsp3) is 0.593. The van der Waals surface area contributed by atoms with Crippen molar-refractivity contribution < 1.29 is 33.7 Å². The lowest BCUT2D eigenvalue weighted by atomic mass is 9.98. The number of ketones is 2. The van der Waals surface area contributed by atoms with E-state index in [-0.39, 0.29) is 42.0 Å². The number of nitrogens with zero attached hydrogens (tertiary/aromatic N) is 9. The summed E-state index contributed by atoms with van der Waals surface area (Å²) in [6.45, 7) is 13.7. The maximum Gasteiger partial charge on any atom is 0.325 e. The van der Waals surface area contributed by atoms with Crippen molar-refractivity contribution in [2.75, 3.05) is 94.7 Å². The van der Waals surface area contributed by atoms with Gasteiger partial charge >= 0.3 is 5.97 Å². The van der Waals surface area contributed by atoms with Gasteiger partial charge in [-0.2, -0.15) is 0 Å². The lowest BCUT2D eigenvalue weighted by Gasteiger charge is -2.27. The van der Waals surface area contributed by atoms with Crippen molar-refractivity contribution in [3.8, 4) is 0 Å². The van der Waals surface area contributed by atoms with Gasteiger partial charge in [0.25, 0.3) is 0 Å². The van der Waals surface area contributed by atoms with E-state index < -0.39 is 12.0 Å². The summed E-state index contributed by atoms with van der Waals surface area (Å²) in [4.78, 5) is 72.0. The van der Waals surface area contributed by atoms with Crippen LogP contribution in [0.4, 0.5) is 17.5 Å². The minimum atomic E-state index is -0.790. The van der Waals surface area contributed by atoms with E-state index in [0.717, 1.165) is 239 Å². The molecule has 6 aromatic rings. The van der Waals surface area contributed by atoms with Crippen LogP contribution in [-0.4, -0.2) is 164 Å². The van der Waals surface area contributed by atoms with Crippen LogP contribution < -0.4 is 16.0 Å². The van der Waals surface area contributed by atoms with E-state index in [4.69, 9.17) is 29.2 Å². The number of likely N-dealkylation sites (tertiary alicyclic amines) is 3. The number of aliphatic carboxylic acids is 1. The molecule has 534 valence electrons. The molecule has 0 radical (unpaired) electrons. The molecule has 3 aliphatic carbocycles. The highest BCUT2D eigenvalue weighted by molar-refractivity contribution is 5.84. The van der Waals surface area contributed by atoms with Crippen LogP contribution in [0.3, 0.4) is 0 Å². The molecule has 3 saturated heterocycles. The van der Waals surface area contributed by atoms with Crippen LogP contribution in [0.5, 0.6) is 0 Å². The average molecular weight is 1360 g/mol. The van der Waals surface area contributed by atoms with Crippen LogP contribution in [0.1, 0.15) is 239 Å². The number of carboxylic acids is 1. The van der Waals surface area contributed by atoms with Gasteiger partial charge in [0.15, 0.2) is 11.6 Å². The monoisotopic (exact) mass is 1360 g/mol. The Hall–Kier alpha value is -7.13. The Bertz CT molecular complexity index is 3540. The van der Waals surface area contributed by atoms with Crippen LogP contribution in [-0.2, 0) is 67.1 Å². The van der Waals surface area contributed by atoms with Gasteiger partial charge in [-0.1, -0.05) is 36.8 Å². The predicted octanol–water partition coefficient (Wildman–Crippen LogP) is 13.3. The van der Waals surface area contributed by atoms with Gasteiger partial charge in [0.1, 0.15) is 23.5 Å². The van der Waals surface area contributed by atoms with Crippen molar-refractivity contribution in [2.24, 2.45) is 0 Å². The number of fused-ring (bicyclic) bond motifs is 3. The fourth-order valence-electron chi connectivity index (χ4n) is 16.0. The number of carbonyl (C=O) groups is 3. The number of unbranched alkanes of at least 4 members (excludes halogenated alkanes) is 4. The first-order chi connectivity index (χ1) is 49.1. The number of pyridine rings is 6. The number of anilines is 3. The van der Waals surface area contributed by atoms with Crippen molar-refractivity contribution >= 4 is 35.0 Å². The molecule has 0 aromatic carbocycles. The Morgan fingerprint density at radius 3 is 1.27 bits per heavy atom. The lowest BCUT2D eigenvalue weighted by molar-refractivity contribution is -0.143. The molecule has 15 rings (SSSR count).